The summed E-state index contributed by atoms with van der Waals surface area (Å²) in [7, 11) is 0. The Balaban J connectivity index is -0.0000000536. The molecule has 13 heavy (non-hydrogen) atoms. The summed E-state index contributed by atoms with van der Waals surface area (Å²) in [4.78, 5) is 0. The first-order chi connectivity index (χ1) is 4.91. The third kappa shape index (κ3) is 24.6. The van der Waals surface area contributed by atoms with Gasteiger partial charge in [0.1, 0.15) is 0 Å². The molecule has 0 unspecified atom stereocenters. The summed E-state index contributed by atoms with van der Waals surface area (Å²) < 4.78 is 0. The molecule has 0 aliphatic rings. The fourth-order valence-electron chi connectivity index (χ4n) is 0.342. The molecular formula is C10H13Li3. The van der Waals surface area contributed by atoms with Gasteiger partial charge in [0.25, 0.3) is 0 Å². The van der Waals surface area contributed by atoms with Crippen molar-refractivity contribution in [3.63, 3.8) is 0 Å². The summed E-state index contributed by atoms with van der Waals surface area (Å²) in [6.45, 7) is 7.08. The van der Waals surface area contributed by atoms with Gasteiger partial charge in [-0.1, -0.05) is 0 Å². The van der Waals surface area contributed by atoms with Crippen molar-refractivity contribution in [2.24, 2.45) is 0 Å². The molecule has 0 saturated carbocycles. The van der Waals surface area contributed by atoms with Crippen LogP contribution >= 0.6 is 0 Å². The van der Waals surface area contributed by atoms with E-state index >= 15 is 0 Å². The van der Waals surface area contributed by atoms with Crippen LogP contribution in [-0.4, -0.2) is 0 Å². The first-order valence-electron chi connectivity index (χ1n) is 3.41. The minimum Gasteiger partial charge on any atom is -0.346 e. The van der Waals surface area contributed by atoms with Crippen molar-refractivity contribution >= 4 is 0 Å². The van der Waals surface area contributed by atoms with E-state index in [4.69, 9.17) is 0 Å². The number of unbranched alkanes of at least 4 members (excludes halogenated alkanes) is 1. The predicted octanol–water partition coefficient (Wildman–Crippen LogP) is -6.07. The van der Waals surface area contributed by atoms with E-state index in [1.165, 1.54) is 0 Å². The average Bonchev–Trinajstić information content (AvgIpc) is 2.08. The van der Waals surface area contributed by atoms with E-state index in [2.05, 4.69) is 19.9 Å². The van der Waals surface area contributed by atoms with Gasteiger partial charge in [0.15, 0.2) is 0 Å². The van der Waals surface area contributed by atoms with Gasteiger partial charge in [-0.15, -0.1) is 0 Å². The van der Waals surface area contributed by atoms with Crippen molar-refractivity contribution < 1.29 is 56.6 Å². The van der Waals surface area contributed by atoms with E-state index < -0.39 is 0 Å². The Labute approximate surface area is 119 Å². The Hall–Kier alpha value is 1.01. The van der Waals surface area contributed by atoms with E-state index in [9.17, 15) is 0 Å². The Kier molecular flexibility index (Phi) is 42.1. The van der Waals surface area contributed by atoms with Crippen LogP contribution in [0.1, 0.15) is 12.8 Å². The van der Waals surface area contributed by atoms with Gasteiger partial charge in [0.05, 0.1) is 0 Å². The largest absolute Gasteiger partial charge is 1.00 e. The molecule has 0 spiro atoms. The van der Waals surface area contributed by atoms with E-state index in [1.54, 1.807) is 0 Å². The molecule has 0 aliphatic heterocycles. The molecule has 0 bridgehead atoms. The zero-order valence-corrected chi connectivity index (χ0v) is 9.22. The molecule has 0 N–H and O–H groups in total. The topological polar surface area (TPSA) is 0 Å². The fourth-order valence-corrected chi connectivity index (χ4v) is 0.342. The Morgan fingerprint density at radius 1 is 0.769 bits per heavy atom. The second kappa shape index (κ2) is 23.1. The predicted molar refractivity (Wildman–Crippen MR) is 45.2 cm³/mol. The third-order valence-corrected chi connectivity index (χ3v) is 0.857. The van der Waals surface area contributed by atoms with Gasteiger partial charge in [-0.25, -0.2) is 12.8 Å². The molecule has 0 heterocycles. The maximum absolute atomic E-state index is 3.54. The summed E-state index contributed by atoms with van der Waals surface area (Å²) in [6.07, 6.45) is 1.92. The normalized spacial score (nSPS) is 6.00. The van der Waals surface area contributed by atoms with Gasteiger partial charge in [-0.3, -0.25) is 0 Å². The number of rotatable bonds is 1. The van der Waals surface area contributed by atoms with Crippen LogP contribution in [-0.2, 0) is 0 Å². The molecule has 0 nitrogen and oxygen atoms in total. The zero-order chi connectivity index (χ0) is 7.66. The summed E-state index contributed by atoms with van der Waals surface area (Å²) in [5.74, 6) is 0. The maximum Gasteiger partial charge on any atom is 1.00 e. The summed E-state index contributed by atoms with van der Waals surface area (Å²) in [5.41, 5.74) is 0. The molecule has 1 rings (SSSR count). The minimum atomic E-state index is 0. The van der Waals surface area contributed by atoms with E-state index in [0.29, 0.717) is 0 Å². The van der Waals surface area contributed by atoms with Crippen molar-refractivity contribution in [2.45, 2.75) is 12.8 Å². The first kappa shape index (κ1) is 23.7. The van der Waals surface area contributed by atoms with Crippen molar-refractivity contribution in [2.75, 3.05) is 0 Å². The Bertz CT molecular complexity index is 102. The van der Waals surface area contributed by atoms with Crippen LogP contribution < -0.4 is 56.6 Å². The van der Waals surface area contributed by atoms with Gasteiger partial charge < -0.3 is 13.8 Å². The smallest absolute Gasteiger partial charge is 0.346 e. The quantitative estimate of drug-likeness (QED) is 0.279. The second-order valence-corrected chi connectivity index (χ2v) is 1.78. The molecule has 0 fully saturated rings. The molecule has 0 saturated heterocycles. The van der Waals surface area contributed by atoms with Crippen LogP contribution in [0.5, 0.6) is 0 Å². The maximum atomic E-state index is 3.54. The second-order valence-electron chi connectivity index (χ2n) is 1.78. The van der Waals surface area contributed by atoms with Crippen LogP contribution in [0.4, 0.5) is 0 Å². The zero-order valence-electron chi connectivity index (χ0n) is 9.22. The van der Waals surface area contributed by atoms with Crippen LogP contribution in [0.3, 0.4) is 0 Å². The fraction of sp³-hybridized carbons (Fsp3) is 0.200. The SMILES string of the molecule is [CH2-]CC[CH2-].[Li+].[Li+].[Li+].[c-]1ccccc1. The minimum absolute atomic E-state index is 0. The van der Waals surface area contributed by atoms with Gasteiger partial charge in [-0.05, 0) is 0 Å². The van der Waals surface area contributed by atoms with Crippen LogP contribution in [0.15, 0.2) is 30.3 Å². The summed E-state index contributed by atoms with van der Waals surface area (Å²) in [5, 5.41) is 0. The van der Waals surface area contributed by atoms with Gasteiger partial charge in [0, 0.05) is 0 Å². The molecule has 3 heteroatoms. The van der Waals surface area contributed by atoms with Gasteiger partial charge in [-0.2, -0.15) is 36.4 Å². The number of hydrogen-bond acceptors (Lipinski definition) is 0. The average molecular weight is 154 g/mol. The van der Waals surface area contributed by atoms with Gasteiger partial charge in [0.2, 0.25) is 0 Å². The molecule has 0 amide bonds. The third-order valence-electron chi connectivity index (χ3n) is 0.857. The molecular weight excluding hydrogens is 141 g/mol. The van der Waals surface area contributed by atoms with Crippen molar-refractivity contribution in [3.8, 4) is 0 Å². The van der Waals surface area contributed by atoms with E-state index in [-0.39, 0.29) is 56.6 Å². The standard InChI is InChI=1S/C6H5.C4H8.3Li/c1-2-4-6-5-3-1;1-3-4-2;;;/h1-5H;1-4H2;;;/q-1;-2;3*+1. The molecule has 56 valence electrons. The Morgan fingerprint density at radius 3 is 1.23 bits per heavy atom. The summed E-state index contributed by atoms with van der Waals surface area (Å²) >= 11 is 0. The van der Waals surface area contributed by atoms with Crippen molar-refractivity contribution in [1.29, 1.82) is 0 Å². The molecule has 1 aromatic rings. The van der Waals surface area contributed by atoms with Gasteiger partial charge >= 0.3 is 56.6 Å². The van der Waals surface area contributed by atoms with Crippen LogP contribution in [0.2, 0.25) is 0 Å². The number of hydrogen-bond donors (Lipinski definition) is 0. The molecule has 0 aliphatic carbocycles. The monoisotopic (exact) mass is 154 g/mol. The molecule has 0 atom stereocenters. The Morgan fingerprint density at radius 2 is 1.15 bits per heavy atom. The van der Waals surface area contributed by atoms with Crippen molar-refractivity contribution in [1.82, 2.24) is 0 Å². The van der Waals surface area contributed by atoms with Crippen LogP contribution in [0, 0.1) is 19.9 Å². The van der Waals surface area contributed by atoms with Crippen molar-refractivity contribution in [3.05, 3.63) is 50.2 Å². The van der Waals surface area contributed by atoms with E-state index in [1.807, 2.05) is 30.3 Å². The van der Waals surface area contributed by atoms with Crippen LogP contribution in [0.25, 0.3) is 0 Å². The summed E-state index contributed by atoms with van der Waals surface area (Å²) in [6, 6.07) is 12.5. The molecule has 0 radical (unpaired) electrons. The molecule has 1 aromatic carbocycles. The first-order valence-corrected chi connectivity index (χ1v) is 3.41. The van der Waals surface area contributed by atoms with E-state index in [0.717, 1.165) is 12.8 Å². The molecule has 0 aromatic heterocycles. The number of benzene rings is 1.